The third kappa shape index (κ3) is 3.85. The number of nitrogen functional groups attached to an aromatic ring is 1. The van der Waals surface area contributed by atoms with Gasteiger partial charge in [-0.1, -0.05) is 0 Å². The number of hydrogen-bond donors (Lipinski definition) is 2. The molecular weight excluding hydrogens is 220 g/mol. The van der Waals surface area contributed by atoms with E-state index in [2.05, 4.69) is 25.4 Å². The first kappa shape index (κ1) is 13.0. The monoisotopic (exact) mass is 240 g/mol. The van der Waals surface area contributed by atoms with E-state index in [4.69, 9.17) is 10.5 Å². The van der Waals surface area contributed by atoms with Crippen LogP contribution in [0.1, 0.15) is 13.8 Å². The zero-order chi connectivity index (χ0) is 12.2. The molecule has 0 atom stereocenters. The molecule has 4 heteroatoms. The molecule has 0 aliphatic heterocycles. The number of hydrogen-bond acceptors (Lipinski definition) is 4. The minimum Gasteiger partial charge on any atom is -0.497 e. The molecule has 16 heavy (non-hydrogen) atoms. The molecule has 0 saturated heterocycles. The lowest BCUT2D eigenvalue weighted by molar-refractivity contribution is 0.415. The van der Waals surface area contributed by atoms with E-state index in [0.29, 0.717) is 5.69 Å². The first-order valence-electron chi connectivity index (χ1n) is 5.20. The predicted octanol–water partition coefficient (Wildman–Crippen LogP) is 2.83. The molecule has 0 unspecified atom stereocenters. The lowest BCUT2D eigenvalue weighted by Crippen LogP contribution is -2.25. The summed E-state index contributed by atoms with van der Waals surface area (Å²) in [6, 6.07) is 5.68. The normalized spacial score (nSPS) is 11.2. The van der Waals surface area contributed by atoms with Crippen LogP contribution in [-0.4, -0.2) is 24.7 Å². The van der Waals surface area contributed by atoms with Crippen molar-refractivity contribution < 1.29 is 4.74 Å². The van der Waals surface area contributed by atoms with Gasteiger partial charge in [0.2, 0.25) is 0 Å². The molecular formula is C12H20N2OS. The fourth-order valence-electron chi connectivity index (χ4n) is 1.23. The number of nitrogens with two attached hydrogens (primary N) is 1. The maximum Gasteiger partial charge on any atom is 0.122 e. The summed E-state index contributed by atoms with van der Waals surface area (Å²) in [7, 11) is 1.64. The van der Waals surface area contributed by atoms with Gasteiger partial charge in [0.25, 0.3) is 0 Å². The Labute approximate surface area is 102 Å². The minimum absolute atomic E-state index is 0.206. The summed E-state index contributed by atoms with van der Waals surface area (Å²) in [4.78, 5) is 0. The molecule has 90 valence electrons. The highest BCUT2D eigenvalue weighted by molar-refractivity contribution is 7.99. The van der Waals surface area contributed by atoms with Crippen molar-refractivity contribution in [1.82, 2.24) is 0 Å². The van der Waals surface area contributed by atoms with Crippen molar-refractivity contribution in [1.29, 1.82) is 0 Å². The summed E-state index contributed by atoms with van der Waals surface area (Å²) in [6.45, 7) is 5.29. The first-order valence-corrected chi connectivity index (χ1v) is 6.43. The summed E-state index contributed by atoms with van der Waals surface area (Å²) in [6.07, 6.45) is 2.11. The Bertz CT molecular complexity index is 353. The van der Waals surface area contributed by atoms with E-state index in [1.54, 1.807) is 7.11 Å². The van der Waals surface area contributed by atoms with Crippen molar-refractivity contribution in [3.63, 3.8) is 0 Å². The van der Waals surface area contributed by atoms with Crippen molar-refractivity contribution in [2.45, 2.75) is 18.6 Å². The van der Waals surface area contributed by atoms with Gasteiger partial charge < -0.3 is 15.8 Å². The van der Waals surface area contributed by atoms with Crippen LogP contribution >= 0.6 is 11.8 Å². The number of benzene rings is 1. The second-order valence-corrected chi connectivity index (χ2v) is 5.83. The van der Waals surface area contributed by atoms with Crippen LogP contribution < -0.4 is 15.8 Å². The summed E-state index contributed by atoms with van der Waals surface area (Å²) in [5.74, 6) is 0.782. The lowest BCUT2D eigenvalue weighted by Gasteiger charge is -2.23. The van der Waals surface area contributed by atoms with E-state index in [-0.39, 0.29) is 4.75 Å². The Hall–Kier alpha value is -1.03. The van der Waals surface area contributed by atoms with Gasteiger partial charge in [0.15, 0.2) is 0 Å². The number of methoxy groups -OCH3 is 1. The molecule has 0 amide bonds. The number of anilines is 2. The van der Waals surface area contributed by atoms with Gasteiger partial charge in [-0.15, -0.1) is 0 Å². The average Bonchev–Trinajstić information content (AvgIpc) is 2.26. The third-order valence-electron chi connectivity index (χ3n) is 2.44. The highest BCUT2D eigenvalue weighted by Gasteiger charge is 2.15. The van der Waals surface area contributed by atoms with Crippen LogP contribution in [0.3, 0.4) is 0 Å². The van der Waals surface area contributed by atoms with Crippen LogP contribution in [0.4, 0.5) is 11.4 Å². The molecule has 3 N–H and O–H groups in total. The van der Waals surface area contributed by atoms with Crippen LogP contribution in [0.25, 0.3) is 0 Å². The maximum absolute atomic E-state index is 5.78. The van der Waals surface area contributed by atoms with Gasteiger partial charge in [-0.2, -0.15) is 11.8 Å². The van der Waals surface area contributed by atoms with Gasteiger partial charge in [0.1, 0.15) is 5.75 Å². The number of nitrogens with one attached hydrogen (secondary N) is 1. The van der Waals surface area contributed by atoms with Crippen LogP contribution in [0.15, 0.2) is 18.2 Å². The van der Waals surface area contributed by atoms with Crippen LogP contribution in [0.2, 0.25) is 0 Å². The van der Waals surface area contributed by atoms with E-state index in [1.165, 1.54) is 0 Å². The van der Waals surface area contributed by atoms with Crippen molar-refractivity contribution in [2.24, 2.45) is 0 Å². The smallest absolute Gasteiger partial charge is 0.122 e. The van der Waals surface area contributed by atoms with E-state index in [1.807, 2.05) is 30.0 Å². The molecule has 0 aliphatic rings. The van der Waals surface area contributed by atoms with Crippen molar-refractivity contribution in [2.75, 3.05) is 31.0 Å². The Morgan fingerprint density at radius 1 is 1.38 bits per heavy atom. The Morgan fingerprint density at radius 2 is 2.06 bits per heavy atom. The fourth-order valence-corrected chi connectivity index (χ4v) is 1.45. The Morgan fingerprint density at radius 3 is 2.62 bits per heavy atom. The van der Waals surface area contributed by atoms with Crippen LogP contribution in [-0.2, 0) is 0 Å². The second-order valence-electron chi connectivity index (χ2n) is 4.31. The molecule has 0 spiro atoms. The zero-order valence-corrected chi connectivity index (χ0v) is 11.1. The first-order chi connectivity index (χ1) is 7.46. The van der Waals surface area contributed by atoms with Crippen molar-refractivity contribution >= 4 is 23.1 Å². The maximum atomic E-state index is 5.78. The van der Waals surface area contributed by atoms with E-state index < -0.39 is 0 Å². The van der Waals surface area contributed by atoms with Gasteiger partial charge in [-0.3, -0.25) is 0 Å². The lowest BCUT2D eigenvalue weighted by atomic mass is 10.2. The van der Waals surface area contributed by atoms with Crippen LogP contribution in [0.5, 0.6) is 5.75 Å². The van der Waals surface area contributed by atoms with Crippen molar-refractivity contribution in [3.8, 4) is 5.75 Å². The Kier molecular flexibility index (Phi) is 4.35. The SMILES string of the molecule is COc1cc(N)cc(NCC(C)(C)SC)c1. The number of ether oxygens (including phenoxy) is 1. The summed E-state index contributed by atoms with van der Waals surface area (Å²) >= 11 is 1.84. The standard InChI is InChI=1S/C12H20N2OS/c1-12(2,16-4)8-14-10-5-9(13)6-11(7-10)15-3/h5-7,14H,8,13H2,1-4H3. The minimum atomic E-state index is 0.206. The fraction of sp³-hybridized carbons (Fsp3) is 0.500. The highest BCUT2D eigenvalue weighted by Crippen LogP contribution is 2.25. The van der Waals surface area contributed by atoms with Crippen molar-refractivity contribution in [3.05, 3.63) is 18.2 Å². The zero-order valence-electron chi connectivity index (χ0n) is 10.3. The summed E-state index contributed by atoms with van der Waals surface area (Å²) < 4.78 is 5.37. The molecule has 3 nitrogen and oxygen atoms in total. The average molecular weight is 240 g/mol. The summed E-state index contributed by atoms with van der Waals surface area (Å²) in [5.41, 5.74) is 7.49. The van der Waals surface area contributed by atoms with Gasteiger partial charge in [-0.25, -0.2) is 0 Å². The molecule has 1 aromatic rings. The van der Waals surface area contributed by atoms with E-state index in [0.717, 1.165) is 18.0 Å². The molecule has 0 bridgehead atoms. The summed E-state index contributed by atoms with van der Waals surface area (Å²) in [5, 5.41) is 3.37. The van der Waals surface area contributed by atoms with E-state index in [9.17, 15) is 0 Å². The quantitative estimate of drug-likeness (QED) is 0.777. The van der Waals surface area contributed by atoms with E-state index >= 15 is 0 Å². The molecule has 0 aliphatic carbocycles. The molecule has 0 heterocycles. The second kappa shape index (κ2) is 5.34. The molecule has 0 aromatic heterocycles. The predicted molar refractivity (Wildman–Crippen MR) is 73.5 cm³/mol. The highest BCUT2D eigenvalue weighted by atomic mass is 32.2. The molecule has 1 aromatic carbocycles. The molecule has 0 saturated carbocycles. The van der Waals surface area contributed by atoms with Gasteiger partial charge in [0.05, 0.1) is 7.11 Å². The third-order valence-corrected chi connectivity index (χ3v) is 3.68. The van der Waals surface area contributed by atoms with Gasteiger partial charge in [-0.05, 0) is 26.2 Å². The van der Waals surface area contributed by atoms with Gasteiger partial charge >= 0.3 is 0 Å². The Balaban J connectivity index is 2.70. The number of thioether (sulfide) groups is 1. The largest absolute Gasteiger partial charge is 0.497 e. The number of rotatable bonds is 5. The molecule has 1 rings (SSSR count). The molecule has 0 radical (unpaired) electrons. The van der Waals surface area contributed by atoms with Gasteiger partial charge in [0, 0.05) is 34.8 Å². The topological polar surface area (TPSA) is 47.3 Å². The molecule has 0 fully saturated rings. The van der Waals surface area contributed by atoms with Crippen LogP contribution in [0, 0.1) is 0 Å².